The van der Waals surface area contributed by atoms with E-state index in [4.69, 9.17) is 0 Å². The van der Waals surface area contributed by atoms with E-state index in [1.54, 1.807) is 0 Å². The first kappa shape index (κ1) is 18.9. The fraction of sp³-hybridized carbons (Fsp3) is 0.286. The van der Waals surface area contributed by atoms with Crippen LogP contribution in [-0.4, -0.2) is 49.6 Å². The topological polar surface area (TPSA) is 58.9 Å². The third kappa shape index (κ3) is 3.80. The van der Waals surface area contributed by atoms with Crippen LogP contribution in [0.2, 0.25) is 0 Å². The van der Waals surface area contributed by atoms with Crippen molar-refractivity contribution in [1.29, 1.82) is 0 Å². The summed E-state index contributed by atoms with van der Waals surface area (Å²) in [6.07, 6.45) is 0. The molecule has 27 heavy (non-hydrogen) atoms. The predicted octanol–water partition coefficient (Wildman–Crippen LogP) is 0.922. The molecule has 3 rings (SSSR count). The number of likely N-dealkylation sites (tertiary alicyclic amines) is 1. The van der Waals surface area contributed by atoms with Gasteiger partial charge in [0, 0.05) is 5.56 Å². The molecule has 2 unspecified atom stereocenters. The van der Waals surface area contributed by atoms with Gasteiger partial charge < -0.3 is 9.80 Å². The number of likely N-dealkylation sites (N-methyl/N-ethyl adjacent to an activating group) is 1. The number of nitrogens with zero attached hydrogens (tertiary/aromatic N) is 1. The molecular weight excluding hydrogens is 347 g/mol. The maximum atomic E-state index is 13.2. The van der Waals surface area contributed by atoms with Gasteiger partial charge in [0.2, 0.25) is 5.78 Å². The smallest absolute Gasteiger partial charge is 0.291 e. The second kappa shape index (κ2) is 7.80. The number of ketones is 2. The highest BCUT2D eigenvalue weighted by Crippen LogP contribution is 2.37. The molecule has 1 amide bonds. The van der Waals surface area contributed by atoms with Crippen molar-refractivity contribution in [1.82, 2.24) is 4.90 Å². The Morgan fingerprint density at radius 2 is 1.67 bits per heavy atom. The molecule has 1 aliphatic rings. The first-order valence-corrected chi connectivity index (χ1v) is 8.88. The number of rotatable bonds is 6. The van der Waals surface area contributed by atoms with Crippen molar-refractivity contribution < 1.29 is 23.7 Å². The lowest BCUT2D eigenvalue weighted by atomic mass is 9.86. The Morgan fingerprint density at radius 3 is 2.26 bits per heavy atom. The molecule has 1 saturated heterocycles. The number of carbonyl (C=O) groups is 3. The largest absolute Gasteiger partial charge is 0.338 e. The fourth-order valence-electron chi connectivity index (χ4n) is 3.39. The van der Waals surface area contributed by atoms with Gasteiger partial charge in [0.15, 0.2) is 5.78 Å². The number of Topliss-reactive ketones (excluding diaryl/α,β-unsaturated/α-hetero) is 2. The van der Waals surface area contributed by atoms with Crippen LogP contribution in [0.15, 0.2) is 54.6 Å². The maximum absolute atomic E-state index is 13.2. The van der Waals surface area contributed by atoms with E-state index in [0.717, 1.165) is 10.5 Å². The zero-order chi connectivity index (χ0) is 19.6. The number of benzene rings is 2. The molecule has 1 fully saturated rings. The molecule has 1 aliphatic heterocycles. The molecule has 1 N–H and O–H groups in total. The van der Waals surface area contributed by atoms with E-state index in [1.807, 2.05) is 44.4 Å². The van der Waals surface area contributed by atoms with Gasteiger partial charge >= 0.3 is 0 Å². The van der Waals surface area contributed by atoms with Crippen LogP contribution < -0.4 is 4.90 Å². The van der Waals surface area contributed by atoms with Crippen LogP contribution in [0.4, 0.5) is 4.39 Å². The van der Waals surface area contributed by atoms with Gasteiger partial charge in [-0.3, -0.25) is 14.4 Å². The zero-order valence-electron chi connectivity index (χ0n) is 15.3. The molecule has 2 aromatic carbocycles. The number of quaternary nitrogens is 1. The van der Waals surface area contributed by atoms with Gasteiger partial charge in [-0.25, -0.2) is 4.39 Å². The summed E-state index contributed by atoms with van der Waals surface area (Å²) >= 11 is 0. The molecule has 5 nitrogen and oxygen atoms in total. The van der Waals surface area contributed by atoms with E-state index >= 15 is 0 Å². The minimum atomic E-state index is -1.12. The molecule has 0 aromatic heterocycles. The summed E-state index contributed by atoms with van der Waals surface area (Å²) in [6.45, 7) is 1.03. The molecule has 0 spiro atoms. The highest BCUT2D eigenvalue weighted by atomic mass is 19.1. The van der Waals surface area contributed by atoms with Gasteiger partial charge in [-0.15, -0.1) is 0 Å². The van der Waals surface area contributed by atoms with Crippen LogP contribution in [-0.2, 0) is 9.59 Å². The van der Waals surface area contributed by atoms with Gasteiger partial charge in [0.1, 0.15) is 11.7 Å². The fourth-order valence-corrected chi connectivity index (χ4v) is 3.39. The second-order valence-corrected chi connectivity index (χ2v) is 7.02. The number of hydrogen-bond donors (Lipinski definition) is 1. The Morgan fingerprint density at radius 1 is 1.04 bits per heavy atom. The van der Waals surface area contributed by atoms with Crippen molar-refractivity contribution in [2.24, 2.45) is 5.92 Å². The van der Waals surface area contributed by atoms with Gasteiger partial charge in [-0.05, 0) is 29.8 Å². The van der Waals surface area contributed by atoms with Crippen LogP contribution in [0, 0.1) is 11.7 Å². The van der Waals surface area contributed by atoms with E-state index in [1.165, 1.54) is 29.2 Å². The Labute approximate surface area is 157 Å². The van der Waals surface area contributed by atoms with Crippen LogP contribution in [0.3, 0.4) is 0 Å². The van der Waals surface area contributed by atoms with Crippen LogP contribution in [0.5, 0.6) is 0 Å². The molecule has 6 heteroatoms. The normalized spacial score (nSPS) is 19.8. The summed E-state index contributed by atoms with van der Waals surface area (Å²) < 4.78 is 13.2. The number of hydrogen-bond acceptors (Lipinski definition) is 3. The van der Waals surface area contributed by atoms with E-state index in [-0.39, 0.29) is 5.56 Å². The maximum Gasteiger partial charge on any atom is 0.291 e. The molecule has 0 radical (unpaired) electrons. The van der Waals surface area contributed by atoms with E-state index in [0.29, 0.717) is 13.1 Å². The van der Waals surface area contributed by atoms with Crippen molar-refractivity contribution in [3.8, 4) is 0 Å². The number of carbonyl (C=O) groups excluding carboxylic acids is 3. The Hall–Kier alpha value is -2.86. The van der Waals surface area contributed by atoms with Gasteiger partial charge in [-0.2, -0.15) is 0 Å². The van der Waals surface area contributed by atoms with Crippen molar-refractivity contribution in [2.75, 3.05) is 27.2 Å². The molecule has 0 saturated carbocycles. The minimum Gasteiger partial charge on any atom is -0.338 e. The van der Waals surface area contributed by atoms with Gasteiger partial charge in [-0.1, -0.05) is 30.3 Å². The molecule has 1 heterocycles. The summed E-state index contributed by atoms with van der Waals surface area (Å²) in [4.78, 5) is 41.1. The Bertz CT molecular complexity index is 849. The Balaban J connectivity index is 2.01. The first-order valence-electron chi connectivity index (χ1n) is 8.88. The number of halogens is 1. The standard InChI is InChI=1S/C21H21FN2O3/c1-23(2)12-13-24-18(14-6-4-3-5-7-14)17(20(26)21(24)27)19(25)15-8-10-16(22)11-9-15/h3-11,17-18H,12-13H2,1-2H3/p+1. The van der Waals surface area contributed by atoms with Crippen LogP contribution >= 0.6 is 0 Å². The average molecular weight is 369 g/mol. The molecule has 0 bridgehead atoms. The second-order valence-electron chi connectivity index (χ2n) is 7.02. The first-order chi connectivity index (χ1) is 12.9. The molecule has 140 valence electrons. The number of nitrogens with one attached hydrogen (secondary N) is 1. The number of amides is 1. The van der Waals surface area contributed by atoms with Gasteiger partial charge in [0.05, 0.1) is 33.2 Å². The SMILES string of the molecule is C[NH+](C)CCN1C(=O)C(=O)C(C(=O)c2ccc(F)cc2)C1c1ccccc1. The van der Waals surface area contributed by atoms with E-state index < -0.39 is 35.3 Å². The summed E-state index contributed by atoms with van der Waals surface area (Å²) in [5.74, 6) is -3.38. The van der Waals surface area contributed by atoms with Gasteiger partial charge in [0.25, 0.3) is 5.91 Å². The quantitative estimate of drug-likeness (QED) is 0.468. The average Bonchev–Trinajstić information content (AvgIpc) is 2.91. The lowest BCUT2D eigenvalue weighted by Crippen LogP contribution is -3.06. The summed E-state index contributed by atoms with van der Waals surface area (Å²) in [6, 6.07) is 13.5. The van der Waals surface area contributed by atoms with Crippen LogP contribution in [0.25, 0.3) is 0 Å². The van der Waals surface area contributed by atoms with Crippen LogP contribution in [0.1, 0.15) is 22.0 Å². The Kier molecular flexibility index (Phi) is 5.46. The summed E-state index contributed by atoms with van der Waals surface area (Å²) in [5, 5.41) is 0. The highest BCUT2D eigenvalue weighted by Gasteiger charge is 2.51. The van der Waals surface area contributed by atoms with E-state index in [2.05, 4.69) is 0 Å². The predicted molar refractivity (Wildman–Crippen MR) is 97.8 cm³/mol. The molecular formula is C21H22FN2O3+. The molecule has 2 aromatic rings. The summed E-state index contributed by atoms with van der Waals surface area (Å²) in [5.41, 5.74) is 0.967. The zero-order valence-corrected chi connectivity index (χ0v) is 15.3. The summed E-state index contributed by atoms with van der Waals surface area (Å²) in [7, 11) is 3.92. The van der Waals surface area contributed by atoms with Crippen molar-refractivity contribution >= 4 is 17.5 Å². The third-order valence-corrected chi connectivity index (χ3v) is 4.81. The minimum absolute atomic E-state index is 0.226. The molecule has 0 aliphatic carbocycles. The van der Waals surface area contributed by atoms with Crippen molar-refractivity contribution in [2.45, 2.75) is 6.04 Å². The van der Waals surface area contributed by atoms with Crippen molar-refractivity contribution in [3.63, 3.8) is 0 Å². The monoisotopic (exact) mass is 369 g/mol. The highest BCUT2D eigenvalue weighted by molar-refractivity contribution is 6.44. The molecule has 2 atom stereocenters. The lowest BCUT2D eigenvalue weighted by molar-refractivity contribution is -0.857. The van der Waals surface area contributed by atoms with Crippen molar-refractivity contribution in [3.05, 3.63) is 71.5 Å². The van der Waals surface area contributed by atoms with E-state index in [9.17, 15) is 18.8 Å². The lowest BCUT2D eigenvalue weighted by Gasteiger charge is -2.27. The third-order valence-electron chi connectivity index (χ3n) is 4.81.